The second kappa shape index (κ2) is 9.11. The van der Waals surface area contributed by atoms with Gasteiger partial charge in [-0.3, -0.25) is 4.79 Å². The molecule has 1 aromatic rings. The number of nitrogens with zero attached hydrogens (tertiary/aromatic N) is 1. The summed E-state index contributed by atoms with van der Waals surface area (Å²) in [6.07, 6.45) is 9.56. The van der Waals surface area contributed by atoms with Crippen molar-refractivity contribution in [2.24, 2.45) is 5.92 Å². The van der Waals surface area contributed by atoms with Crippen LogP contribution in [0.2, 0.25) is 0 Å². The summed E-state index contributed by atoms with van der Waals surface area (Å²) in [5.41, 5.74) is 0.871. The van der Waals surface area contributed by atoms with Gasteiger partial charge in [0.05, 0.1) is 12.3 Å². The Labute approximate surface area is 139 Å². The molecule has 0 spiro atoms. The van der Waals surface area contributed by atoms with Crippen LogP contribution in [0.15, 0.2) is 17.1 Å². The second-order valence-corrected chi connectivity index (χ2v) is 6.58. The molecule has 1 aromatic heterocycles. The Morgan fingerprint density at radius 3 is 2.87 bits per heavy atom. The summed E-state index contributed by atoms with van der Waals surface area (Å²) >= 11 is 0. The van der Waals surface area contributed by atoms with Gasteiger partial charge in [0.25, 0.3) is 0 Å². The van der Waals surface area contributed by atoms with Crippen molar-refractivity contribution in [3.8, 4) is 5.75 Å². The molecule has 0 aliphatic carbocycles. The van der Waals surface area contributed by atoms with E-state index in [1.165, 1.54) is 19.3 Å². The van der Waals surface area contributed by atoms with Gasteiger partial charge in [-0.1, -0.05) is 33.1 Å². The van der Waals surface area contributed by atoms with E-state index in [1.807, 2.05) is 13.1 Å². The monoisotopic (exact) mass is 321 g/mol. The van der Waals surface area contributed by atoms with Crippen LogP contribution in [0.25, 0.3) is 0 Å². The largest absolute Gasteiger partial charge is 0.459 e. The highest BCUT2D eigenvalue weighted by molar-refractivity contribution is 5.27. The summed E-state index contributed by atoms with van der Waals surface area (Å²) < 4.78 is 13.7. The quantitative estimate of drug-likeness (QED) is 0.717. The summed E-state index contributed by atoms with van der Waals surface area (Å²) in [5.74, 6) is 1.11. The molecule has 1 fully saturated rings. The van der Waals surface area contributed by atoms with Crippen molar-refractivity contribution < 1.29 is 9.47 Å². The zero-order valence-corrected chi connectivity index (χ0v) is 14.8. The molecule has 2 heterocycles. The molecule has 0 saturated carbocycles. The van der Waals surface area contributed by atoms with Gasteiger partial charge in [0, 0.05) is 25.2 Å². The van der Waals surface area contributed by atoms with Crippen LogP contribution in [0, 0.1) is 12.8 Å². The van der Waals surface area contributed by atoms with Gasteiger partial charge in [-0.05, 0) is 32.1 Å². The van der Waals surface area contributed by atoms with E-state index in [9.17, 15) is 4.79 Å². The number of ether oxygens (including phenoxy) is 2. The highest BCUT2D eigenvalue weighted by Gasteiger charge is 2.19. The second-order valence-electron chi connectivity index (χ2n) is 6.58. The number of unbranched alkanes of at least 4 members (excludes halogenated alkanes) is 1. The van der Waals surface area contributed by atoms with Crippen molar-refractivity contribution in [2.45, 2.75) is 78.6 Å². The van der Waals surface area contributed by atoms with Gasteiger partial charge in [-0.15, -0.1) is 0 Å². The molecule has 4 heteroatoms. The Kier molecular flexibility index (Phi) is 7.15. The van der Waals surface area contributed by atoms with E-state index in [4.69, 9.17) is 9.47 Å². The predicted molar refractivity (Wildman–Crippen MR) is 93.0 cm³/mol. The number of pyridine rings is 1. The lowest BCUT2D eigenvalue weighted by Crippen LogP contribution is -2.28. The molecule has 0 bridgehead atoms. The zero-order chi connectivity index (χ0) is 16.7. The van der Waals surface area contributed by atoms with Crippen LogP contribution < -0.4 is 10.2 Å². The SMILES string of the molecule is CCCCC(CC)Cn1ccc(=O)c(OC2CCCCO2)c1C. The van der Waals surface area contributed by atoms with Crippen molar-refractivity contribution in [3.63, 3.8) is 0 Å². The molecule has 2 rings (SSSR count). The molecule has 4 nitrogen and oxygen atoms in total. The molecule has 130 valence electrons. The fourth-order valence-corrected chi connectivity index (χ4v) is 3.13. The van der Waals surface area contributed by atoms with Crippen LogP contribution in [0.1, 0.15) is 64.5 Å². The van der Waals surface area contributed by atoms with Crippen LogP contribution >= 0.6 is 0 Å². The maximum Gasteiger partial charge on any atom is 0.223 e. The van der Waals surface area contributed by atoms with E-state index in [2.05, 4.69) is 18.4 Å². The minimum atomic E-state index is -0.270. The van der Waals surface area contributed by atoms with Gasteiger partial charge < -0.3 is 14.0 Å². The van der Waals surface area contributed by atoms with Gasteiger partial charge in [-0.25, -0.2) is 0 Å². The van der Waals surface area contributed by atoms with Crippen molar-refractivity contribution in [2.75, 3.05) is 6.61 Å². The van der Waals surface area contributed by atoms with E-state index in [0.29, 0.717) is 11.7 Å². The number of hydrogen-bond acceptors (Lipinski definition) is 3. The fraction of sp³-hybridized carbons (Fsp3) is 0.737. The van der Waals surface area contributed by atoms with Crippen LogP contribution in [-0.4, -0.2) is 17.5 Å². The molecule has 2 unspecified atom stereocenters. The average molecular weight is 321 g/mol. The molecule has 0 amide bonds. The summed E-state index contributed by atoms with van der Waals surface area (Å²) in [5, 5.41) is 0. The predicted octanol–water partition coefficient (Wildman–Crippen LogP) is 4.28. The maximum absolute atomic E-state index is 12.2. The standard InChI is InChI=1S/C19H31NO3/c1-4-6-9-16(5-2)14-20-12-11-17(21)19(15(20)3)23-18-10-7-8-13-22-18/h11-12,16,18H,4-10,13-14H2,1-3H3. The Morgan fingerprint density at radius 2 is 2.22 bits per heavy atom. The zero-order valence-electron chi connectivity index (χ0n) is 14.8. The minimum Gasteiger partial charge on any atom is -0.459 e. The first kappa shape index (κ1) is 18.1. The van der Waals surface area contributed by atoms with Gasteiger partial charge in [-0.2, -0.15) is 0 Å². The van der Waals surface area contributed by atoms with E-state index >= 15 is 0 Å². The third-order valence-corrected chi connectivity index (χ3v) is 4.77. The van der Waals surface area contributed by atoms with Crippen LogP contribution in [0.4, 0.5) is 0 Å². The van der Waals surface area contributed by atoms with E-state index in [-0.39, 0.29) is 11.7 Å². The van der Waals surface area contributed by atoms with Crippen molar-refractivity contribution >= 4 is 0 Å². The Balaban J connectivity index is 2.11. The van der Waals surface area contributed by atoms with Gasteiger partial charge in [0.2, 0.25) is 5.43 Å². The van der Waals surface area contributed by atoms with E-state index in [1.54, 1.807) is 6.07 Å². The first-order valence-electron chi connectivity index (χ1n) is 9.14. The summed E-state index contributed by atoms with van der Waals surface area (Å²) in [6.45, 7) is 8.12. The number of hydrogen-bond donors (Lipinski definition) is 0. The third kappa shape index (κ3) is 5.10. The molecule has 0 aromatic carbocycles. The van der Waals surface area contributed by atoms with Gasteiger partial charge in [0.1, 0.15) is 0 Å². The summed E-state index contributed by atoms with van der Waals surface area (Å²) in [7, 11) is 0. The molecule has 23 heavy (non-hydrogen) atoms. The summed E-state index contributed by atoms with van der Waals surface area (Å²) in [4.78, 5) is 12.2. The van der Waals surface area contributed by atoms with Crippen LogP contribution in [0.3, 0.4) is 0 Å². The van der Waals surface area contributed by atoms with Gasteiger partial charge >= 0.3 is 0 Å². The molecule has 1 aliphatic heterocycles. The lowest BCUT2D eigenvalue weighted by atomic mass is 9.99. The highest BCUT2D eigenvalue weighted by Crippen LogP contribution is 2.22. The number of rotatable bonds is 8. The lowest BCUT2D eigenvalue weighted by molar-refractivity contribution is -0.106. The smallest absolute Gasteiger partial charge is 0.223 e. The summed E-state index contributed by atoms with van der Waals surface area (Å²) in [6, 6.07) is 1.62. The fourth-order valence-electron chi connectivity index (χ4n) is 3.13. The van der Waals surface area contributed by atoms with E-state index < -0.39 is 0 Å². The van der Waals surface area contributed by atoms with Crippen LogP contribution in [0.5, 0.6) is 5.75 Å². The van der Waals surface area contributed by atoms with Crippen LogP contribution in [-0.2, 0) is 11.3 Å². The molecular weight excluding hydrogens is 290 g/mol. The molecule has 0 N–H and O–H groups in total. The molecule has 0 radical (unpaired) electrons. The first-order chi connectivity index (χ1) is 11.2. The van der Waals surface area contributed by atoms with Gasteiger partial charge in [0.15, 0.2) is 12.0 Å². The Morgan fingerprint density at radius 1 is 1.39 bits per heavy atom. The Hall–Kier alpha value is -1.29. The van der Waals surface area contributed by atoms with Crippen molar-refractivity contribution in [1.29, 1.82) is 0 Å². The van der Waals surface area contributed by atoms with Crippen molar-refractivity contribution in [1.82, 2.24) is 4.57 Å². The Bertz CT molecular complexity index is 532. The molecule has 1 aliphatic rings. The first-order valence-corrected chi connectivity index (χ1v) is 9.14. The molecule has 2 atom stereocenters. The molecule has 1 saturated heterocycles. The maximum atomic E-state index is 12.2. The average Bonchev–Trinajstić information content (AvgIpc) is 2.58. The topological polar surface area (TPSA) is 40.5 Å². The molecular formula is C19H31NO3. The van der Waals surface area contributed by atoms with Crippen molar-refractivity contribution in [3.05, 3.63) is 28.2 Å². The third-order valence-electron chi connectivity index (χ3n) is 4.77. The van der Waals surface area contributed by atoms with E-state index in [0.717, 1.165) is 44.5 Å². The minimum absolute atomic E-state index is 0.0467. The lowest BCUT2D eigenvalue weighted by Gasteiger charge is -2.25. The normalized spacial score (nSPS) is 19.5. The number of aromatic nitrogens is 1. The highest BCUT2D eigenvalue weighted by atomic mass is 16.7.